The van der Waals surface area contributed by atoms with Gasteiger partial charge in [0.1, 0.15) is 0 Å². The molecule has 1 saturated heterocycles. The number of hydrogen-bond donors (Lipinski definition) is 2. The van der Waals surface area contributed by atoms with Crippen LogP contribution in [0.5, 0.6) is 0 Å². The number of H-pyrrole nitrogens is 1. The van der Waals surface area contributed by atoms with Crippen LogP contribution in [0, 0.1) is 0 Å². The molecule has 2 aliphatic rings. The van der Waals surface area contributed by atoms with Gasteiger partial charge in [-0.2, -0.15) is 5.10 Å². The van der Waals surface area contributed by atoms with Crippen LogP contribution in [0.1, 0.15) is 48.4 Å². The van der Waals surface area contributed by atoms with Gasteiger partial charge in [-0.3, -0.25) is 9.89 Å². The van der Waals surface area contributed by atoms with Crippen LogP contribution in [-0.4, -0.2) is 39.6 Å². The summed E-state index contributed by atoms with van der Waals surface area (Å²) in [6, 6.07) is 10.4. The van der Waals surface area contributed by atoms with Gasteiger partial charge in [0.25, 0.3) is 0 Å². The van der Waals surface area contributed by atoms with E-state index in [1.807, 2.05) is 17.2 Å². The van der Waals surface area contributed by atoms with Crippen LogP contribution in [0.4, 0.5) is 0 Å². The van der Waals surface area contributed by atoms with Gasteiger partial charge in [0.05, 0.1) is 11.7 Å². The molecule has 5 nitrogen and oxygen atoms in total. The second-order valence-corrected chi connectivity index (χ2v) is 7.22. The molecule has 126 valence electrons. The molecule has 3 N–H and O–H groups in total. The highest BCUT2D eigenvalue weighted by Crippen LogP contribution is 2.36. The third kappa shape index (κ3) is 2.96. The Labute approximate surface area is 142 Å². The molecule has 5 heteroatoms. The summed E-state index contributed by atoms with van der Waals surface area (Å²) >= 11 is 0. The van der Waals surface area contributed by atoms with E-state index < -0.39 is 5.54 Å². The second-order valence-electron chi connectivity index (χ2n) is 7.22. The van der Waals surface area contributed by atoms with Gasteiger partial charge < -0.3 is 10.6 Å². The molecule has 1 saturated carbocycles. The van der Waals surface area contributed by atoms with E-state index >= 15 is 0 Å². The Hall–Kier alpha value is -2.14. The predicted molar refractivity (Wildman–Crippen MR) is 92.5 cm³/mol. The smallest absolute Gasteiger partial charge is 0.242 e. The summed E-state index contributed by atoms with van der Waals surface area (Å²) < 4.78 is 0. The van der Waals surface area contributed by atoms with Crippen LogP contribution in [0.25, 0.3) is 0 Å². The summed E-state index contributed by atoms with van der Waals surface area (Å²) in [5.74, 6) is 0.461. The minimum atomic E-state index is -0.567. The van der Waals surface area contributed by atoms with E-state index in [-0.39, 0.29) is 5.91 Å². The number of nitrogens with zero attached hydrogens (tertiary/aromatic N) is 2. The monoisotopic (exact) mass is 324 g/mol. The van der Waals surface area contributed by atoms with Crippen molar-refractivity contribution in [2.75, 3.05) is 13.1 Å². The number of carbonyl (C=O) groups is 1. The molecule has 2 heterocycles. The molecule has 1 amide bonds. The van der Waals surface area contributed by atoms with E-state index in [9.17, 15) is 4.79 Å². The number of aromatic nitrogens is 2. The first-order valence-corrected chi connectivity index (χ1v) is 8.80. The lowest BCUT2D eigenvalue weighted by molar-refractivity contribution is -0.134. The molecule has 1 aromatic carbocycles. The molecule has 4 rings (SSSR count). The number of likely N-dealkylation sites (tertiary alicyclic amines) is 1. The number of nitrogens with two attached hydrogens (primary N) is 1. The largest absolute Gasteiger partial charge is 0.340 e. The average Bonchev–Trinajstić information content (AvgIpc) is 3.20. The lowest BCUT2D eigenvalue weighted by Crippen LogP contribution is -2.49. The fraction of sp³-hybridized carbons (Fsp3) is 0.474. The molecule has 1 atom stereocenters. The molecule has 0 bridgehead atoms. The highest BCUT2D eigenvalue weighted by atomic mass is 16.2. The maximum absolute atomic E-state index is 12.5. The minimum absolute atomic E-state index is 0.135. The zero-order valence-electron chi connectivity index (χ0n) is 13.9. The number of piperidine rings is 1. The van der Waals surface area contributed by atoms with E-state index in [4.69, 9.17) is 5.73 Å². The maximum Gasteiger partial charge on any atom is 0.242 e. The number of amides is 1. The zero-order chi connectivity index (χ0) is 16.6. The van der Waals surface area contributed by atoms with Crippen LogP contribution in [0.3, 0.4) is 0 Å². The summed E-state index contributed by atoms with van der Waals surface area (Å²) in [5.41, 5.74) is 9.23. The number of carbonyl (C=O) groups excluding carboxylic acids is 1. The Kier molecular flexibility index (Phi) is 3.88. The van der Waals surface area contributed by atoms with E-state index in [1.165, 1.54) is 16.8 Å². The Morgan fingerprint density at radius 3 is 2.88 bits per heavy atom. The zero-order valence-corrected chi connectivity index (χ0v) is 13.9. The fourth-order valence-electron chi connectivity index (χ4n) is 3.69. The lowest BCUT2D eigenvalue weighted by atomic mass is 9.90. The molecule has 0 radical (unpaired) electrons. The van der Waals surface area contributed by atoms with E-state index in [1.54, 1.807) is 0 Å². The molecule has 2 fully saturated rings. The molecule has 0 spiro atoms. The van der Waals surface area contributed by atoms with Gasteiger partial charge in [-0.15, -0.1) is 0 Å². The molecule has 1 unspecified atom stereocenters. The lowest BCUT2D eigenvalue weighted by Gasteiger charge is -2.34. The van der Waals surface area contributed by atoms with Crippen LogP contribution in [-0.2, 0) is 11.2 Å². The molecule has 2 aromatic rings. The van der Waals surface area contributed by atoms with Gasteiger partial charge in [-0.1, -0.05) is 30.3 Å². The third-order valence-electron chi connectivity index (χ3n) is 5.32. The van der Waals surface area contributed by atoms with Crippen molar-refractivity contribution in [1.29, 1.82) is 0 Å². The summed E-state index contributed by atoms with van der Waals surface area (Å²) in [6.07, 6.45) is 6.57. The fourth-order valence-corrected chi connectivity index (χ4v) is 3.69. The number of rotatable bonds is 4. The van der Waals surface area contributed by atoms with E-state index in [0.29, 0.717) is 5.92 Å². The molecule has 1 aliphatic carbocycles. The first-order valence-electron chi connectivity index (χ1n) is 8.80. The Morgan fingerprint density at radius 2 is 2.12 bits per heavy atom. The van der Waals surface area contributed by atoms with Gasteiger partial charge in [-0.25, -0.2) is 0 Å². The van der Waals surface area contributed by atoms with Crippen LogP contribution in [0.15, 0.2) is 36.5 Å². The van der Waals surface area contributed by atoms with Crippen molar-refractivity contribution in [3.8, 4) is 0 Å². The molecule has 1 aromatic heterocycles. The van der Waals surface area contributed by atoms with Crippen molar-refractivity contribution in [2.45, 2.75) is 43.6 Å². The Bertz CT molecular complexity index is 720. The Morgan fingerprint density at radius 1 is 1.33 bits per heavy atom. The topological polar surface area (TPSA) is 75.0 Å². The standard InChI is InChI=1S/C19H24N4O/c20-19(8-9-19)18(24)23-10-4-7-15(13-23)17-16(12-21-22-17)11-14-5-2-1-3-6-14/h1-3,5-6,12,15H,4,7-11,13,20H2,(H,21,22). The molecular weight excluding hydrogens is 300 g/mol. The summed E-state index contributed by atoms with van der Waals surface area (Å²) in [5, 5.41) is 7.46. The van der Waals surface area contributed by atoms with Gasteiger partial charge in [-0.05, 0) is 36.8 Å². The van der Waals surface area contributed by atoms with Crippen molar-refractivity contribution < 1.29 is 4.79 Å². The quantitative estimate of drug-likeness (QED) is 0.905. The Balaban J connectivity index is 1.49. The summed E-state index contributed by atoms with van der Waals surface area (Å²) in [4.78, 5) is 14.5. The van der Waals surface area contributed by atoms with Crippen molar-refractivity contribution in [3.63, 3.8) is 0 Å². The van der Waals surface area contributed by atoms with Crippen molar-refractivity contribution in [2.24, 2.45) is 5.73 Å². The van der Waals surface area contributed by atoms with Gasteiger partial charge in [0.2, 0.25) is 5.91 Å². The van der Waals surface area contributed by atoms with Crippen molar-refractivity contribution in [3.05, 3.63) is 53.3 Å². The second kappa shape index (κ2) is 6.06. The third-order valence-corrected chi connectivity index (χ3v) is 5.32. The maximum atomic E-state index is 12.5. The van der Waals surface area contributed by atoms with Crippen LogP contribution >= 0.6 is 0 Å². The highest BCUT2D eigenvalue weighted by molar-refractivity contribution is 5.89. The van der Waals surface area contributed by atoms with Crippen LogP contribution < -0.4 is 5.73 Å². The average molecular weight is 324 g/mol. The SMILES string of the molecule is NC1(C(=O)N2CCCC(c3[nH]ncc3Cc3ccccc3)C2)CC1. The first-order chi connectivity index (χ1) is 11.7. The number of aromatic amines is 1. The number of nitrogens with one attached hydrogen (secondary N) is 1. The van der Waals surface area contributed by atoms with Gasteiger partial charge >= 0.3 is 0 Å². The van der Waals surface area contributed by atoms with Crippen molar-refractivity contribution >= 4 is 5.91 Å². The molecule has 24 heavy (non-hydrogen) atoms. The van der Waals surface area contributed by atoms with Gasteiger partial charge in [0.15, 0.2) is 0 Å². The molecule has 1 aliphatic heterocycles. The molecular formula is C19H24N4O. The number of benzene rings is 1. The van der Waals surface area contributed by atoms with Crippen LogP contribution in [0.2, 0.25) is 0 Å². The minimum Gasteiger partial charge on any atom is -0.340 e. The van der Waals surface area contributed by atoms with E-state index in [2.05, 4.69) is 34.5 Å². The number of hydrogen-bond acceptors (Lipinski definition) is 3. The first kappa shape index (κ1) is 15.4. The normalized spacial score (nSPS) is 22.4. The summed E-state index contributed by atoms with van der Waals surface area (Å²) in [6.45, 7) is 1.58. The van der Waals surface area contributed by atoms with Gasteiger partial charge in [0, 0.05) is 31.1 Å². The van der Waals surface area contributed by atoms with Crippen molar-refractivity contribution in [1.82, 2.24) is 15.1 Å². The predicted octanol–water partition coefficient (Wildman–Crippen LogP) is 2.20. The van der Waals surface area contributed by atoms with E-state index in [0.717, 1.165) is 45.2 Å². The summed E-state index contributed by atoms with van der Waals surface area (Å²) in [7, 11) is 0. The highest BCUT2D eigenvalue weighted by Gasteiger charge is 2.48.